The molecule has 0 atom stereocenters. The lowest BCUT2D eigenvalue weighted by Gasteiger charge is -2.20. The first-order valence-electron chi connectivity index (χ1n) is 8.08. The Morgan fingerprint density at radius 3 is 1.25 bits per heavy atom. The Hall–Kier alpha value is -2.04. The second-order valence-corrected chi connectivity index (χ2v) is 7.32. The molecule has 0 heterocycles. The zero-order valence-corrected chi connectivity index (χ0v) is 14.7. The van der Waals surface area contributed by atoms with Crippen molar-refractivity contribution in [3.8, 4) is 11.5 Å². The summed E-state index contributed by atoms with van der Waals surface area (Å²) in [6, 6.07) is 10.6. The van der Waals surface area contributed by atoms with E-state index in [0.717, 1.165) is 11.1 Å². The standard InChI is InChI=1S/C20H26O4/c1-19(2,23)15-9-7-13(11-17(15)21)5-6-14-8-10-16(18(22)12-14)20(3,4)24/h7-12,21-24H,5-6H2,1-4H3. The maximum atomic E-state index is 10.1. The Labute approximate surface area is 143 Å². The zero-order valence-electron chi connectivity index (χ0n) is 14.7. The van der Waals surface area contributed by atoms with Gasteiger partial charge in [0, 0.05) is 11.1 Å². The third-order valence-corrected chi connectivity index (χ3v) is 4.14. The molecule has 0 amide bonds. The Morgan fingerprint density at radius 2 is 1.00 bits per heavy atom. The van der Waals surface area contributed by atoms with E-state index in [1.54, 1.807) is 52.0 Å². The summed E-state index contributed by atoms with van der Waals surface area (Å²) in [7, 11) is 0. The normalized spacial score (nSPS) is 12.4. The van der Waals surface area contributed by atoms with Crippen LogP contribution in [0.4, 0.5) is 0 Å². The number of phenols is 2. The van der Waals surface area contributed by atoms with E-state index in [0.29, 0.717) is 24.0 Å². The van der Waals surface area contributed by atoms with Crippen molar-refractivity contribution < 1.29 is 20.4 Å². The molecule has 130 valence electrons. The smallest absolute Gasteiger partial charge is 0.121 e. The van der Waals surface area contributed by atoms with Gasteiger partial charge in [-0.3, -0.25) is 0 Å². The SMILES string of the molecule is CC(C)(O)c1ccc(CCc2ccc(C(C)(C)O)c(O)c2)cc1O. The molecule has 0 aromatic heterocycles. The van der Waals surface area contributed by atoms with Gasteiger partial charge in [0.05, 0.1) is 11.2 Å². The van der Waals surface area contributed by atoms with Gasteiger partial charge in [-0.25, -0.2) is 0 Å². The van der Waals surface area contributed by atoms with Crippen molar-refractivity contribution >= 4 is 0 Å². The summed E-state index contributed by atoms with van der Waals surface area (Å²) in [6.07, 6.45) is 1.39. The molecule has 0 saturated carbocycles. The van der Waals surface area contributed by atoms with Crippen LogP contribution in [0, 0.1) is 0 Å². The largest absolute Gasteiger partial charge is 0.508 e. The molecule has 4 N–H and O–H groups in total. The van der Waals surface area contributed by atoms with E-state index in [4.69, 9.17) is 0 Å². The minimum absolute atomic E-state index is 0.0835. The molecule has 0 radical (unpaired) electrons. The minimum Gasteiger partial charge on any atom is -0.508 e. The molecule has 0 aliphatic rings. The fourth-order valence-electron chi connectivity index (χ4n) is 2.79. The minimum atomic E-state index is -1.08. The van der Waals surface area contributed by atoms with Crippen molar-refractivity contribution in [1.82, 2.24) is 0 Å². The topological polar surface area (TPSA) is 80.9 Å². The van der Waals surface area contributed by atoms with Crippen molar-refractivity contribution in [1.29, 1.82) is 0 Å². The van der Waals surface area contributed by atoms with Gasteiger partial charge in [-0.05, 0) is 63.8 Å². The lowest BCUT2D eigenvalue weighted by molar-refractivity contribution is 0.0751. The maximum absolute atomic E-state index is 10.1. The van der Waals surface area contributed by atoms with Gasteiger partial charge in [0.1, 0.15) is 11.5 Å². The van der Waals surface area contributed by atoms with Crippen molar-refractivity contribution in [2.24, 2.45) is 0 Å². The maximum Gasteiger partial charge on any atom is 0.121 e. The van der Waals surface area contributed by atoms with Crippen molar-refractivity contribution in [2.45, 2.75) is 51.7 Å². The molecular formula is C20H26O4. The highest BCUT2D eigenvalue weighted by atomic mass is 16.3. The van der Waals surface area contributed by atoms with E-state index in [9.17, 15) is 20.4 Å². The van der Waals surface area contributed by atoms with Gasteiger partial charge in [-0.15, -0.1) is 0 Å². The molecular weight excluding hydrogens is 304 g/mol. The molecule has 0 aliphatic carbocycles. The average molecular weight is 330 g/mol. The number of aromatic hydroxyl groups is 2. The van der Waals surface area contributed by atoms with Gasteiger partial charge in [0.2, 0.25) is 0 Å². The van der Waals surface area contributed by atoms with E-state index in [1.165, 1.54) is 0 Å². The number of phenolic OH excluding ortho intramolecular Hbond substituents is 2. The monoisotopic (exact) mass is 330 g/mol. The zero-order chi connectivity index (χ0) is 18.1. The van der Waals surface area contributed by atoms with Crippen LogP contribution in [-0.4, -0.2) is 20.4 Å². The molecule has 2 aromatic carbocycles. The number of hydrogen-bond acceptors (Lipinski definition) is 4. The highest BCUT2D eigenvalue weighted by Crippen LogP contribution is 2.31. The van der Waals surface area contributed by atoms with E-state index >= 15 is 0 Å². The quantitative estimate of drug-likeness (QED) is 0.678. The first-order chi connectivity index (χ1) is 11.0. The molecule has 0 spiro atoms. The number of rotatable bonds is 5. The molecule has 2 aromatic rings. The summed E-state index contributed by atoms with van der Waals surface area (Å²) in [5, 5.41) is 40.1. The predicted octanol–water partition coefficient (Wildman–Crippen LogP) is 3.34. The Kier molecular flexibility index (Phi) is 4.92. The van der Waals surface area contributed by atoms with Crippen LogP contribution in [0.1, 0.15) is 49.9 Å². The third kappa shape index (κ3) is 4.28. The first kappa shape index (κ1) is 18.3. The molecule has 0 unspecified atom stereocenters. The fraction of sp³-hybridized carbons (Fsp3) is 0.400. The van der Waals surface area contributed by atoms with Gasteiger partial charge >= 0.3 is 0 Å². The fourth-order valence-corrected chi connectivity index (χ4v) is 2.79. The summed E-state index contributed by atoms with van der Waals surface area (Å²) >= 11 is 0. The summed E-state index contributed by atoms with van der Waals surface area (Å²) < 4.78 is 0. The Bertz CT molecular complexity index is 658. The molecule has 2 rings (SSSR count). The van der Waals surface area contributed by atoms with Crippen LogP contribution in [0.25, 0.3) is 0 Å². The van der Waals surface area contributed by atoms with Gasteiger partial charge < -0.3 is 20.4 Å². The van der Waals surface area contributed by atoms with E-state index in [2.05, 4.69) is 0 Å². The van der Waals surface area contributed by atoms with Gasteiger partial charge in [-0.2, -0.15) is 0 Å². The van der Waals surface area contributed by atoms with E-state index in [1.807, 2.05) is 12.1 Å². The van der Waals surface area contributed by atoms with Crippen LogP contribution in [0.5, 0.6) is 11.5 Å². The first-order valence-corrected chi connectivity index (χ1v) is 8.08. The highest BCUT2D eigenvalue weighted by Gasteiger charge is 2.21. The second-order valence-electron chi connectivity index (χ2n) is 7.32. The Balaban J connectivity index is 2.12. The van der Waals surface area contributed by atoms with Crippen molar-refractivity contribution in [3.63, 3.8) is 0 Å². The number of aryl methyl sites for hydroxylation is 2. The molecule has 0 fully saturated rings. The summed E-state index contributed by atoms with van der Waals surface area (Å²) in [4.78, 5) is 0. The van der Waals surface area contributed by atoms with Gasteiger partial charge in [-0.1, -0.05) is 24.3 Å². The van der Waals surface area contributed by atoms with Crippen LogP contribution in [0.2, 0.25) is 0 Å². The molecule has 0 bridgehead atoms. The second kappa shape index (κ2) is 6.46. The van der Waals surface area contributed by atoms with Crippen LogP contribution in [-0.2, 0) is 24.0 Å². The van der Waals surface area contributed by atoms with E-state index < -0.39 is 11.2 Å². The molecule has 4 nitrogen and oxygen atoms in total. The number of benzene rings is 2. The summed E-state index contributed by atoms with van der Waals surface area (Å²) in [5.74, 6) is 0.167. The van der Waals surface area contributed by atoms with Crippen LogP contribution >= 0.6 is 0 Å². The summed E-state index contributed by atoms with van der Waals surface area (Å²) in [5.41, 5.74) is 0.734. The van der Waals surface area contributed by atoms with Crippen molar-refractivity contribution in [2.75, 3.05) is 0 Å². The van der Waals surface area contributed by atoms with Gasteiger partial charge in [0.25, 0.3) is 0 Å². The number of hydrogen-bond donors (Lipinski definition) is 4. The van der Waals surface area contributed by atoms with Crippen LogP contribution in [0.3, 0.4) is 0 Å². The third-order valence-electron chi connectivity index (χ3n) is 4.14. The predicted molar refractivity (Wildman–Crippen MR) is 94.1 cm³/mol. The Morgan fingerprint density at radius 1 is 0.667 bits per heavy atom. The number of aliphatic hydroxyl groups is 2. The highest BCUT2D eigenvalue weighted by molar-refractivity contribution is 5.41. The summed E-state index contributed by atoms with van der Waals surface area (Å²) in [6.45, 7) is 6.53. The van der Waals surface area contributed by atoms with Crippen molar-refractivity contribution in [3.05, 3.63) is 58.7 Å². The van der Waals surface area contributed by atoms with E-state index in [-0.39, 0.29) is 11.5 Å². The lowest BCUT2D eigenvalue weighted by Crippen LogP contribution is -2.16. The molecule has 0 saturated heterocycles. The van der Waals surface area contributed by atoms with Gasteiger partial charge in [0.15, 0.2) is 0 Å². The molecule has 0 aliphatic heterocycles. The molecule has 24 heavy (non-hydrogen) atoms. The average Bonchev–Trinajstić information content (AvgIpc) is 2.42. The van der Waals surface area contributed by atoms with Crippen LogP contribution in [0.15, 0.2) is 36.4 Å². The molecule has 4 heteroatoms. The van der Waals surface area contributed by atoms with Crippen LogP contribution < -0.4 is 0 Å². The lowest BCUT2D eigenvalue weighted by atomic mass is 9.93.